The summed E-state index contributed by atoms with van der Waals surface area (Å²) in [6, 6.07) is 20.0. The zero-order valence-corrected chi connectivity index (χ0v) is 23.1. The minimum absolute atomic E-state index is 0.0631. The molecule has 1 atom stereocenters. The second-order valence-corrected chi connectivity index (χ2v) is 11.1. The maximum absolute atomic E-state index is 12.4. The third-order valence-corrected chi connectivity index (χ3v) is 7.62. The predicted molar refractivity (Wildman–Crippen MR) is 152 cm³/mol. The highest BCUT2D eigenvalue weighted by atomic mass is 35.5. The maximum atomic E-state index is 12.4. The number of hydrazone groups is 1. The molecule has 3 aromatic carbocycles. The fourth-order valence-corrected chi connectivity index (χ4v) is 5.44. The SMILES string of the molecule is Cc1cc(NC(C)CCCC(=O)NS(=O)(=O)c2ccccc2Cl)cc(OCCc2ccc(C=NN)cc2)c1. The van der Waals surface area contributed by atoms with Crippen LogP contribution < -0.4 is 20.6 Å². The van der Waals surface area contributed by atoms with Crippen LogP contribution >= 0.6 is 11.6 Å². The molecule has 8 nitrogen and oxygen atoms in total. The minimum atomic E-state index is -4.00. The van der Waals surface area contributed by atoms with E-state index in [2.05, 4.69) is 15.1 Å². The van der Waals surface area contributed by atoms with Crippen molar-refractivity contribution in [2.45, 2.75) is 50.5 Å². The van der Waals surface area contributed by atoms with Crippen LogP contribution in [0.15, 0.2) is 76.7 Å². The number of sulfonamides is 1. The summed E-state index contributed by atoms with van der Waals surface area (Å²) in [7, 11) is -4.00. The molecular weight excluding hydrogens is 524 g/mol. The predicted octanol–water partition coefficient (Wildman–Crippen LogP) is 5.04. The Bertz CT molecular complexity index is 1360. The van der Waals surface area contributed by atoms with Crippen molar-refractivity contribution in [3.05, 3.63) is 88.4 Å². The Morgan fingerprint density at radius 3 is 2.58 bits per heavy atom. The zero-order valence-electron chi connectivity index (χ0n) is 21.5. The average molecular weight is 557 g/mol. The molecule has 3 rings (SSSR count). The standard InChI is InChI=1S/C28H33ClN4O4S/c1-20-16-24(18-25(17-20)37-15-14-22-10-12-23(13-11-22)19-31-30)32-21(2)6-5-9-28(34)33-38(35,36)27-8-4-3-7-26(27)29/h3-4,7-8,10-13,16-19,21,32H,5-6,9,14-15,30H2,1-2H3,(H,33,34). The van der Waals surface area contributed by atoms with Gasteiger partial charge in [-0.2, -0.15) is 5.10 Å². The minimum Gasteiger partial charge on any atom is -0.493 e. The van der Waals surface area contributed by atoms with Gasteiger partial charge in [0.2, 0.25) is 5.91 Å². The Labute approximate surface area is 229 Å². The lowest BCUT2D eigenvalue weighted by atomic mass is 10.1. The van der Waals surface area contributed by atoms with Crippen LogP contribution in [0.25, 0.3) is 0 Å². The largest absolute Gasteiger partial charge is 0.493 e. The van der Waals surface area contributed by atoms with E-state index in [0.717, 1.165) is 34.5 Å². The number of anilines is 1. The number of aryl methyl sites for hydroxylation is 1. The Hall–Kier alpha value is -3.56. The molecule has 0 fully saturated rings. The first-order chi connectivity index (χ1) is 18.2. The number of amides is 1. The highest BCUT2D eigenvalue weighted by Gasteiger charge is 2.20. The van der Waals surface area contributed by atoms with Gasteiger partial charge in [0.25, 0.3) is 10.0 Å². The Morgan fingerprint density at radius 2 is 1.87 bits per heavy atom. The number of nitrogens with zero attached hydrogens (tertiary/aromatic N) is 1. The van der Waals surface area contributed by atoms with Crippen LogP contribution in [-0.2, 0) is 21.2 Å². The summed E-state index contributed by atoms with van der Waals surface area (Å²) in [5.41, 5.74) is 4.08. The molecular formula is C28H33ClN4O4S. The normalized spacial score (nSPS) is 12.3. The van der Waals surface area contributed by atoms with Crippen LogP contribution in [0.4, 0.5) is 5.69 Å². The van der Waals surface area contributed by atoms with Crippen LogP contribution in [0.3, 0.4) is 0 Å². The number of carbonyl (C=O) groups excluding carboxylic acids is 1. The fourth-order valence-electron chi connectivity index (χ4n) is 3.90. The number of hydrogen-bond acceptors (Lipinski definition) is 7. The Kier molecular flexibility index (Phi) is 10.6. The lowest BCUT2D eigenvalue weighted by Gasteiger charge is -2.17. The monoisotopic (exact) mass is 556 g/mol. The number of rotatable bonds is 13. The maximum Gasteiger partial charge on any atom is 0.265 e. The van der Waals surface area contributed by atoms with E-state index in [1.807, 2.05) is 56.3 Å². The first-order valence-electron chi connectivity index (χ1n) is 12.3. The zero-order chi connectivity index (χ0) is 27.5. The van der Waals surface area contributed by atoms with Crippen molar-refractivity contribution in [2.75, 3.05) is 11.9 Å². The van der Waals surface area contributed by atoms with Gasteiger partial charge in [-0.1, -0.05) is 48.0 Å². The number of benzene rings is 3. The molecule has 0 bridgehead atoms. The molecule has 0 spiro atoms. The number of halogens is 1. The lowest BCUT2D eigenvalue weighted by Crippen LogP contribution is -2.30. The topological polar surface area (TPSA) is 123 Å². The molecule has 202 valence electrons. The van der Waals surface area contributed by atoms with Gasteiger partial charge >= 0.3 is 0 Å². The summed E-state index contributed by atoms with van der Waals surface area (Å²) in [4.78, 5) is 12.1. The van der Waals surface area contributed by atoms with Gasteiger partial charge in [0.1, 0.15) is 10.6 Å². The van der Waals surface area contributed by atoms with Gasteiger partial charge in [0.05, 0.1) is 17.8 Å². The first-order valence-corrected chi connectivity index (χ1v) is 14.2. The number of ether oxygens (including phenoxy) is 1. The average Bonchev–Trinajstić information content (AvgIpc) is 2.85. The van der Waals surface area contributed by atoms with Gasteiger partial charge in [-0.15, -0.1) is 0 Å². The molecule has 0 radical (unpaired) electrons. The fraction of sp³-hybridized carbons (Fsp3) is 0.286. The van der Waals surface area contributed by atoms with Crippen molar-refractivity contribution < 1.29 is 17.9 Å². The molecule has 1 unspecified atom stereocenters. The van der Waals surface area contributed by atoms with Crippen molar-refractivity contribution >= 4 is 39.4 Å². The third kappa shape index (κ3) is 9.08. The van der Waals surface area contributed by atoms with Gasteiger partial charge in [-0.3, -0.25) is 4.79 Å². The summed E-state index contributed by atoms with van der Waals surface area (Å²) in [5.74, 6) is 5.39. The van der Waals surface area contributed by atoms with Gasteiger partial charge in [-0.25, -0.2) is 13.1 Å². The van der Waals surface area contributed by atoms with Gasteiger partial charge in [0, 0.05) is 30.6 Å². The second-order valence-electron chi connectivity index (χ2n) is 9.05. The summed E-state index contributed by atoms with van der Waals surface area (Å²) < 4.78 is 32.9. The molecule has 0 saturated heterocycles. The summed E-state index contributed by atoms with van der Waals surface area (Å²) in [6.07, 6.45) is 3.64. The van der Waals surface area contributed by atoms with Crippen molar-refractivity contribution in [3.8, 4) is 5.75 Å². The summed E-state index contributed by atoms with van der Waals surface area (Å²) in [5, 5.41) is 7.03. The van der Waals surface area contributed by atoms with Crippen LogP contribution in [0.5, 0.6) is 5.75 Å². The van der Waals surface area contributed by atoms with Crippen molar-refractivity contribution in [3.63, 3.8) is 0 Å². The smallest absolute Gasteiger partial charge is 0.265 e. The molecule has 3 aromatic rings. The summed E-state index contributed by atoms with van der Waals surface area (Å²) in [6.45, 7) is 4.56. The first kappa shape index (κ1) is 29.0. The van der Waals surface area contributed by atoms with Crippen molar-refractivity contribution in [2.24, 2.45) is 10.9 Å². The van der Waals surface area contributed by atoms with E-state index in [-0.39, 0.29) is 22.4 Å². The number of carbonyl (C=O) groups is 1. The molecule has 1 amide bonds. The van der Waals surface area contributed by atoms with Crippen LogP contribution in [0.1, 0.15) is 42.9 Å². The Morgan fingerprint density at radius 1 is 1.13 bits per heavy atom. The van der Waals surface area contributed by atoms with E-state index in [9.17, 15) is 13.2 Å². The van der Waals surface area contributed by atoms with E-state index >= 15 is 0 Å². The molecule has 0 aromatic heterocycles. The van der Waals surface area contributed by atoms with Gasteiger partial charge < -0.3 is 15.9 Å². The molecule has 38 heavy (non-hydrogen) atoms. The molecule has 0 heterocycles. The van der Waals surface area contributed by atoms with Crippen LogP contribution in [0, 0.1) is 6.92 Å². The molecule has 0 aliphatic rings. The molecule has 10 heteroatoms. The molecule has 0 saturated carbocycles. The quantitative estimate of drug-likeness (QED) is 0.154. The van der Waals surface area contributed by atoms with Crippen molar-refractivity contribution in [1.29, 1.82) is 0 Å². The number of hydrogen-bond donors (Lipinski definition) is 3. The number of nitrogens with one attached hydrogen (secondary N) is 2. The van der Waals surface area contributed by atoms with E-state index in [4.69, 9.17) is 22.2 Å². The third-order valence-electron chi connectivity index (χ3n) is 5.74. The van der Waals surface area contributed by atoms with Crippen molar-refractivity contribution in [1.82, 2.24) is 4.72 Å². The van der Waals surface area contributed by atoms with E-state index in [0.29, 0.717) is 19.4 Å². The summed E-state index contributed by atoms with van der Waals surface area (Å²) >= 11 is 5.95. The molecule has 0 aliphatic heterocycles. The highest BCUT2D eigenvalue weighted by molar-refractivity contribution is 7.90. The highest BCUT2D eigenvalue weighted by Crippen LogP contribution is 2.23. The van der Waals surface area contributed by atoms with E-state index in [1.165, 1.54) is 12.1 Å². The Balaban J connectivity index is 1.44. The molecule has 4 N–H and O–H groups in total. The van der Waals surface area contributed by atoms with Crippen LogP contribution in [-0.4, -0.2) is 33.2 Å². The van der Waals surface area contributed by atoms with Crippen LogP contribution in [0.2, 0.25) is 5.02 Å². The second kappa shape index (κ2) is 13.8. The van der Waals surface area contributed by atoms with Gasteiger partial charge in [0.15, 0.2) is 0 Å². The van der Waals surface area contributed by atoms with E-state index < -0.39 is 15.9 Å². The molecule has 0 aliphatic carbocycles. The van der Waals surface area contributed by atoms with E-state index in [1.54, 1.807) is 18.3 Å². The number of nitrogens with two attached hydrogens (primary N) is 1. The van der Waals surface area contributed by atoms with Gasteiger partial charge in [-0.05, 0) is 67.6 Å². The lowest BCUT2D eigenvalue weighted by molar-refractivity contribution is -0.119.